The van der Waals surface area contributed by atoms with Gasteiger partial charge in [0.2, 0.25) is 0 Å². The minimum Gasteiger partial charge on any atom is -0.497 e. The van der Waals surface area contributed by atoms with Gasteiger partial charge in [-0.2, -0.15) is 0 Å². The normalized spacial score (nSPS) is 10.9. The molecule has 5 nitrogen and oxygen atoms in total. The highest BCUT2D eigenvalue weighted by Crippen LogP contribution is 2.12. The standard InChI is InChI=1S/C17H24N4OS.HI/c1-4-16-21-14(12-23-16)8-9-19-17(18-2)20-11-13-6-5-7-15(10-13)22-3;/h5-7,10,12H,4,8-9,11H2,1-3H3,(H2,18,19,20);1H. The van der Waals surface area contributed by atoms with Gasteiger partial charge in [0.05, 0.1) is 17.8 Å². The van der Waals surface area contributed by atoms with Crippen molar-refractivity contribution in [3.63, 3.8) is 0 Å². The number of aryl methyl sites for hydroxylation is 1. The van der Waals surface area contributed by atoms with Crippen molar-refractivity contribution in [3.05, 3.63) is 45.9 Å². The van der Waals surface area contributed by atoms with Gasteiger partial charge in [-0.25, -0.2) is 4.98 Å². The van der Waals surface area contributed by atoms with E-state index in [9.17, 15) is 0 Å². The molecule has 0 bridgehead atoms. The first-order valence-corrected chi connectivity index (χ1v) is 8.63. The number of benzene rings is 1. The van der Waals surface area contributed by atoms with Gasteiger partial charge in [0.15, 0.2) is 5.96 Å². The molecule has 0 saturated heterocycles. The number of hydrogen-bond donors (Lipinski definition) is 2. The number of halogens is 1. The number of thiazole rings is 1. The first-order chi connectivity index (χ1) is 11.2. The van der Waals surface area contributed by atoms with Gasteiger partial charge in [-0.1, -0.05) is 19.1 Å². The van der Waals surface area contributed by atoms with Crippen LogP contribution in [0.15, 0.2) is 34.6 Å². The summed E-state index contributed by atoms with van der Waals surface area (Å²) >= 11 is 1.73. The van der Waals surface area contributed by atoms with E-state index < -0.39 is 0 Å². The Hall–Kier alpha value is -1.35. The average molecular weight is 460 g/mol. The van der Waals surface area contributed by atoms with Crippen LogP contribution in [0.5, 0.6) is 5.75 Å². The van der Waals surface area contributed by atoms with Crippen LogP contribution in [0.1, 0.15) is 23.2 Å². The fourth-order valence-electron chi connectivity index (χ4n) is 2.12. The number of nitrogens with zero attached hydrogens (tertiary/aromatic N) is 2. The Balaban J connectivity index is 0.00000288. The Kier molecular flexibility index (Phi) is 9.70. The van der Waals surface area contributed by atoms with E-state index in [4.69, 9.17) is 4.74 Å². The molecule has 2 rings (SSSR count). The van der Waals surface area contributed by atoms with E-state index in [0.29, 0.717) is 6.54 Å². The van der Waals surface area contributed by atoms with Gasteiger partial charge in [-0.3, -0.25) is 4.99 Å². The molecule has 0 fully saturated rings. The Morgan fingerprint density at radius 3 is 2.83 bits per heavy atom. The molecule has 132 valence electrons. The monoisotopic (exact) mass is 460 g/mol. The van der Waals surface area contributed by atoms with Crippen molar-refractivity contribution in [2.45, 2.75) is 26.3 Å². The minimum atomic E-state index is 0. The Morgan fingerprint density at radius 2 is 2.17 bits per heavy atom. The third-order valence-corrected chi connectivity index (χ3v) is 4.44. The van der Waals surface area contributed by atoms with Crippen LogP contribution in [0.3, 0.4) is 0 Å². The predicted molar refractivity (Wildman–Crippen MR) is 112 cm³/mol. The lowest BCUT2D eigenvalue weighted by molar-refractivity contribution is 0.414. The van der Waals surface area contributed by atoms with Crippen molar-refractivity contribution in [1.29, 1.82) is 0 Å². The zero-order valence-electron chi connectivity index (χ0n) is 14.3. The van der Waals surface area contributed by atoms with E-state index in [-0.39, 0.29) is 24.0 Å². The average Bonchev–Trinajstić information content (AvgIpc) is 3.06. The number of hydrogen-bond acceptors (Lipinski definition) is 4. The highest BCUT2D eigenvalue weighted by molar-refractivity contribution is 14.0. The number of guanidine groups is 1. The zero-order chi connectivity index (χ0) is 16.5. The summed E-state index contributed by atoms with van der Waals surface area (Å²) in [5.41, 5.74) is 2.29. The molecule has 0 unspecified atom stereocenters. The van der Waals surface area contributed by atoms with Gasteiger partial charge in [0.25, 0.3) is 0 Å². The van der Waals surface area contributed by atoms with E-state index in [1.54, 1.807) is 25.5 Å². The van der Waals surface area contributed by atoms with Crippen LogP contribution in [-0.2, 0) is 19.4 Å². The van der Waals surface area contributed by atoms with E-state index in [0.717, 1.165) is 42.4 Å². The summed E-state index contributed by atoms with van der Waals surface area (Å²) in [5.74, 6) is 1.65. The summed E-state index contributed by atoms with van der Waals surface area (Å²) in [5, 5.41) is 9.95. The second kappa shape index (κ2) is 11.2. The van der Waals surface area contributed by atoms with Crippen LogP contribution >= 0.6 is 35.3 Å². The molecular weight excluding hydrogens is 435 g/mol. The zero-order valence-corrected chi connectivity index (χ0v) is 17.5. The molecule has 1 aromatic carbocycles. The number of methoxy groups -OCH3 is 1. The number of aliphatic imine (C=N–C) groups is 1. The van der Waals surface area contributed by atoms with Gasteiger partial charge in [0.1, 0.15) is 5.75 Å². The van der Waals surface area contributed by atoms with E-state index in [2.05, 4.69) is 39.0 Å². The van der Waals surface area contributed by atoms with Crippen molar-refractivity contribution in [3.8, 4) is 5.75 Å². The van der Waals surface area contributed by atoms with Gasteiger partial charge >= 0.3 is 0 Å². The van der Waals surface area contributed by atoms with E-state index in [1.807, 2.05) is 18.2 Å². The SMILES string of the molecule is CCc1nc(CCNC(=NC)NCc2cccc(OC)c2)cs1.I. The molecule has 2 N–H and O–H groups in total. The summed E-state index contributed by atoms with van der Waals surface area (Å²) in [4.78, 5) is 8.81. The van der Waals surface area contributed by atoms with E-state index in [1.165, 1.54) is 5.01 Å². The van der Waals surface area contributed by atoms with Crippen molar-refractivity contribution in [2.24, 2.45) is 4.99 Å². The van der Waals surface area contributed by atoms with Crippen LogP contribution in [0, 0.1) is 0 Å². The third-order valence-electron chi connectivity index (χ3n) is 3.39. The summed E-state index contributed by atoms with van der Waals surface area (Å²) in [6.07, 6.45) is 1.90. The molecule has 0 saturated carbocycles. The highest BCUT2D eigenvalue weighted by Gasteiger charge is 2.02. The summed E-state index contributed by atoms with van der Waals surface area (Å²) in [6, 6.07) is 8.00. The first-order valence-electron chi connectivity index (χ1n) is 7.76. The Bertz CT molecular complexity index is 645. The van der Waals surface area contributed by atoms with Crippen molar-refractivity contribution in [1.82, 2.24) is 15.6 Å². The molecule has 0 aliphatic heterocycles. The van der Waals surface area contributed by atoms with Crippen LogP contribution < -0.4 is 15.4 Å². The Morgan fingerprint density at radius 1 is 1.33 bits per heavy atom. The van der Waals surface area contributed by atoms with Crippen LogP contribution in [-0.4, -0.2) is 31.6 Å². The number of aromatic nitrogens is 1. The fraction of sp³-hybridized carbons (Fsp3) is 0.412. The van der Waals surface area contributed by atoms with Gasteiger partial charge in [0, 0.05) is 31.9 Å². The molecule has 0 atom stereocenters. The Labute approximate surface area is 165 Å². The molecular formula is C17H25IN4OS. The maximum Gasteiger partial charge on any atom is 0.191 e. The van der Waals surface area contributed by atoms with E-state index >= 15 is 0 Å². The second-order valence-electron chi connectivity index (χ2n) is 5.04. The molecule has 0 aliphatic carbocycles. The largest absolute Gasteiger partial charge is 0.497 e. The van der Waals surface area contributed by atoms with Crippen molar-refractivity contribution >= 4 is 41.3 Å². The molecule has 0 aliphatic rings. The van der Waals surface area contributed by atoms with Gasteiger partial charge < -0.3 is 15.4 Å². The lowest BCUT2D eigenvalue weighted by Crippen LogP contribution is -2.37. The van der Waals surface area contributed by atoms with Gasteiger partial charge in [-0.15, -0.1) is 35.3 Å². The first kappa shape index (κ1) is 20.7. The lowest BCUT2D eigenvalue weighted by atomic mass is 10.2. The van der Waals surface area contributed by atoms with Crippen LogP contribution in [0.4, 0.5) is 0 Å². The second-order valence-corrected chi connectivity index (χ2v) is 5.98. The third kappa shape index (κ3) is 6.64. The molecule has 0 amide bonds. The van der Waals surface area contributed by atoms with Crippen molar-refractivity contribution < 1.29 is 4.74 Å². The number of nitrogens with one attached hydrogen (secondary N) is 2. The van der Waals surface area contributed by atoms with Crippen molar-refractivity contribution in [2.75, 3.05) is 20.7 Å². The maximum absolute atomic E-state index is 5.23. The number of rotatable bonds is 7. The molecule has 1 aromatic heterocycles. The molecule has 0 radical (unpaired) electrons. The van der Waals surface area contributed by atoms with Crippen LogP contribution in [0.2, 0.25) is 0 Å². The molecule has 0 spiro atoms. The van der Waals surface area contributed by atoms with Gasteiger partial charge in [-0.05, 0) is 24.1 Å². The molecule has 1 heterocycles. The predicted octanol–water partition coefficient (Wildman–Crippen LogP) is 3.24. The lowest BCUT2D eigenvalue weighted by Gasteiger charge is -2.12. The fourth-order valence-corrected chi connectivity index (χ4v) is 2.90. The molecule has 7 heteroatoms. The summed E-state index contributed by atoms with van der Waals surface area (Å²) in [7, 11) is 3.45. The quantitative estimate of drug-likeness (QED) is 0.379. The minimum absolute atomic E-state index is 0. The summed E-state index contributed by atoms with van der Waals surface area (Å²) < 4.78 is 5.23. The smallest absolute Gasteiger partial charge is 0.191 e. The number of ether oxygens (including phenoxy) is 1. The topological polar surface area (TPSA) is 58.5 Å². The molecule has 2 aromatic rings. The maximum atomic E-state index is 5.23. The van der Waals surface area contributed by atoms with Crippen LogP contribution in [0.25, 0.3) is 0 Å². The summed E-state index contributed by atoms with van der Waals surface area (Å²) in [6.45, 7) is 3.64. The highest BCUT2D eigenvalue weighted by atomic mass is 127. The molecule has 24 heavy (non-hydrogen) atoms.